The molecular formula is C8H12N2O. The van der Waals surface area contributed by atoms with E-state index in [0.29, 0.717) is 0 Å². The molecule has 2 heterocycles. The Kier molecular flexibility index (Phi) is 1.90. The van der Waals surface area contributed by atoms with E-state index in [0.717, 1.165) is 12.2 Å². The van der Waals surface area contributed by atoms with Crippen molar-refractivity contribution in [2.75, 3.05) is 13.1 Å². The van der Waals surface area contributed by atoms with Crippen LogP contribution < -0.4 is 0 Å². The van der Waals surface area contributed by atoms with Crippen LogP contribution in [0.1, 0.15) is 18.5 Å². The SMILES string of the molecule is c1nc(CN2CCCC2)co1. The lowest BCUT2D eigenvalue weighted by Crippen LogP contribution is -2.18. The van der Waals surface area contributed by atoms with E-state index in [-0.39, 0.29) is 0 Å². The minimum atomic E-state index is 0.955. The lowest BCUT2D eigenvalue weighted by atomic mass is 10.4. The quantitative estimate of drug-likeness (QED) is 0.639. The minimum Gasteiger partial charge on any atom is -0.451 e. The van der Waals surface area contributed by atoms with Gasteiger partial charge in [0, 0.05) is 6.54 Å². The monoisotopic (exact) mass is 152 g/mol. The zero-order chi connectivity index (χ0) is 7.52. The number of hydrogen-bond acceptors (Lipinski definition) is 3. The van der Waals surface area contributed by atoms with Gasteiger partial charge in [-0.1, -0.05) is 0 Å². The fourth-order valence-corrected chi connectivity index (χ4v) is 1.49. The van der Waals surface area contributed by atoms with Crippen molar-refractivity contribution in [2.45, 2.75) is 19.4 Å². The summed E-state index contributed by atoms with van der Waals surface area (Å²) in [4.78, 5) is 6.47. The Morgan fingerprint density at radius 1 is 1.45 bits per heavy atom. The molecule has 60 valence electrons. The molecule has 3 nitrogen and oxygen atoms in total. The predicted octanol–water partition coefficient (Wildman–Crippen LogP) is 1.27. The Labute approximate surface area is 66.0 Å². The van der Waals surface area contributed by atoms with Gasteiger partial charge in [0.05, 0.1) is 5.69 Å². The summed E-state index contributed by atoms with van der Waals surface area (Å²) in [6.07, 6.45) is 5.87. The number of aromatic nitrogens is 1. The van der Waals surface area contributed by atoms with E-state index >= 15 is 0 Å². The first-order valence-corrected chi connectivity index (χ1v) is 4.04. The van der Waals surface area contributed by atoms with Crippen LogP contribution in [0.5, 0.6) is 0 Å². The van der Waals surface area contributed by atoms with E-state index in [4.69, 9.17) is 4.42 Å². The first-order chi connectivity index (χ1) is 5.45. The second-order valence-electron chi connectivity index (χ2n) is 2.96. The van der Waals surface area contributed by atoms with Crippen LogP contribution in [0.15, 0.2) is 17.1 Å². The van der Waals surface area contributed by atoms with Gasteiger partial charge in [0.15, 0.2) is 6.39 Å². The lowest BCUT2D eigenvalue weighted by Gasteiger charge is -2.10. The summed E-state index contributed by atoms with van der Waals surface area (Å²) in [7, 11) is 0. The molecular weight excluding hydrogens is 140 g/mol. The van der Waals surface area contributed by atoms with Gasteiger partial charge in [0.2, 0.25) is 0 Å². The van der Waals surface area contributed by atoms with Gasteiger partial charge < -0.3 is 4.42 Å². The summed E-state index contributed by atoms with van der Waals surface area (Å²) in [5.41, 5.74) is 1.05. The molecule has 1 saturated heterocycles. The third-order valence-corrected chi connectivity index (χ3v) is 2.07. The molecule has 1 aliphatic heterocycles. The van der Waals surface area contributed by atoms with Crippen molar-refractivity contribution in [1.82, 2.24) is 9.88 Å². The van der Waals surface area contributed by atoms with Crippen molar-refractivity contribution < 1.29 is 4.42 Å². The Morgan fingerprint density at radius 3 is 2.91 bits per heavy atom. The summed E-state index contributed by atoms with van der Waals surface area (Å²) in [6.45, 7) is 3.39. The molecule has 1 aliphatic rings. The Hall–Kier alpha value is -0.830. The van der Waals surface area contributed by atoms with Gasteiger partial charge >= 0.3 is 0 Å². The second-order valence-corrected chi connectivity index (χ2v) is 2.96. The molecule has 0 atom stereocenters. The molecule has 1 fully saturated rings. The summed E-state index contributed by atoms with van der Waals surface area (Å²) in [5.74, 6) is 0. The average molecular weight is 152 g/mol. The van der Waals surface area contributed by atoms with Crippen molar-refractivity contribution in [3.8, 4) is 0 Å². The van der Waals surface area contributed by atoms with Gasteiger partial charge in [-0.25, -0.2) is 4.98 Å². The first kappa shape index (κ1) is 6.85. The summed E-state index contributed by atoms with van der Waals surface area (Å²) >= 11 is 0. The van der Waals surface area contributed by atoms with Gasteiger partial charge in [-0.05, 0) is 25.9 Å². The third kappa shape index (κ3) is 1.60. The number of rotatable bonds is 2. The topological polar surface area (TPSA) is 29.3 Å². The molecule has 0 bridgehead atoms. The van der Waals surface area contributed by atoms with E-state index in [9.17, 15) is 0 Å². The Morgan fingerprint density at radius 2 is 2.27 bits per heavy atom. The van der Waals surface area contributed by atoms with Crippen LogP contribution in [0.25, 0.3) is 0 Å². The van der Waals surface area contributed by atoms with Crippen LogP contribution in [0.3, 0.4) is 0 Å². The van der Waals surface area contributed by atoms with Crippen molar-refractivity contribution in [3.63, 3.8) is 0 Å². The summed E-state index contributed by atoms with van der Waals surface area (Å²) in [5, 5.41) is 0. The van der Waals surface area contributed by atoms with Crippen LogP contribution >= 0.6 is 0 Å². The normalized spacial score (nSPS) is 19.3. The number of nitrogens with zero attached hydrogens (tertiary/aromatic N) is 2. The van der Waals surface area contributed by atoms with Gasteiger partial charge in [-0.15, -0.1) is 0 Å². The lowest BCUT2D eigenvalue weighted by molar-refractivity contribution is 0.327. The molecule has 11 heavy (non-hydrogen) atoms. The standard InChI is InChI=1S/C8H12N2O/c1-2-4-10(3-1)5-8-6-11-7-9-8/h6-7H,1-5H2. The van der Waals surface area contributed by atoms with E-state index in [1.54, 1.807) is 6.26 Å². The molecule has 2 rings (SSSR count). The highest BCUT2D eigenvalue weighted by Gasteiger charge is 2.12. The fourth-order valence-electron chi connectivity index (χ4n) is 1.49. The van der Waals surface area contributed by atoms with Crippen LogP contribution in [0.2, 0.25) is 0 Å². The number of oxazole rings is 1. The first-order valence-electron chi connectivity index (χ1n) is 4.04. The van der Waals surface area contributed by atoms with E-state index in [2.05, 4.69) is 9.88 Å². The van der Waals surface area contributed by atoms with Crippen molar-refractivity contribution in [3.05, 3.63) is 18.4 Å². The second kappa shape index (κ2) is 3.05. The summed E-state index contributed by atoms with van der Waals surface area (Å²) in [6, 6.07) is 0. The van der Waals surface area contributed by atoms with Crippen LogP contribution in [0, 0.1) is 0 Å². The highest BCUT2D eigenvalue weighted by molar-refractivity contribution is 4.91. The number of likely N-dealkylation sites (tertiary alicyclic amines) is 1. The maximum atomic E-state index is 4.89. The van der Waals surface area contributed by atoms with E-state index in [1.807, 2.05) is 0 Å². The molecule has 1 aromatic heterocycles. The molecule has 0 aliphatic carbocycles. The van der Waals surface area contributed by atoms with Crippen molar-refractivity contribution in [1.29, 1.82) is 0 Å². The largest absolute Gasteiger partial charge is 0.451 e. The smallest absolute Gasteiger partial charge is 0.180 e. The molecule has 1 aromatic rings. The maximum Gasteiger partial charge on any atom is 0.180 e. The Balaban J connectivity index is 1.90. The molecule has 3 heteroatoms. The van der Waals surface area contributed by atoms with Gasteiger partial charge in [-0.2, -0.15) is 0 Å². The van der Waals surface area contributed by atoms with Gasteiger partial charge in [-0.3, -0.25) is 4.90 Å². The molecule has 0 unspecified atom stereocenters. The zero-order valence-corrected chi connectivity index (χ0v) is 6.49. The molecule has 0 aromatic carbocycles. The average Bonchev–Trinajstić information content (AvgIpc) is 2.60. The molecule has 0 saturated carbocycles. The van der Waals surface area contributed by atoms with Gasteiger partial charge in [0.1, 0.15) is 6.26 Å². The van der Waals surface area contributed by atoms with Crippen LogP contribution in [-0.4, -0.2) is 23.0 Å². The summed E-state index contributed by atoms with van der Waals surface area (Å²) < 4.78 is 4.89. The van der Waals surface area contributed by atoms with E-state index in [1.165, 1.54) is 32.3 Å². The number of hydrogen-bond donors (Lipinski definition) is 0. The molecule has 0 radical (unpaired) electrons. The minimum absolute atomic E-state index is 0.955. The van der Waals surface area contributed by atoms with Crippen LogP contribution in [-0.2, 0) is 6.54 Å². The highest BCUT2D eigenvalue weighted by Crippen LogP contribution is 2.10. The highest BCUT2D eigenvalue weighted by atomic mass is 16.3. The van der Waals surface area contributed by atoms with Crippen molar-refractivity contribution in [2.24, 2.45) is 0 Å². The zero-order valence-electron chi connectivity index (χ0n) is 6.49. The predicted molar refractivity (Wildman–Crippen MR) is 41.0 cm³/mol. The van der Waals surface area contributed by atoms with Gasteiger partial charge in [0.25, 0.3) is 0 Å². The Bertz CT molecular complexity index is 202. The third-order valence-electron chi connectivity index (χ3n) is 2.07. The van der Waals surface area contributed by atoms with Crippen LogP contribution in [0.4, 0.5) is 0 Å². The molecule has 0 spiro atoms. The fraction of sp³-hybridized carbons (Fsp3) is 0.625. The van der Waals surface area contributed by atoms with E-state index < -0.39 is 0 Å². The maximum absolute atomic E-state index is 4.89. The molecule has 0 amide bonds. The molecule has 0 N–H and O–H groups in total. The van der Waals surface area contributed by atoms with Crippen molar-refractivity contribution >= 4 is 0 Å².